The Hall–Kier alpha value is -1.46. The first kappa shape index (κ1) is 10.6. The molecule has 0 saturated carbocycles. The maximum absolute atomic E-state index is 8.60. The SMILES string of the molecule is Cc1cc(N)cc(C)c1C#CCCO. The van der Waals surface area contributed by atoms with Crippen molar-refractivity contribution >= 4 is 5.69 Å². The van der Waals surface area contributed by atoms with E-state index >= 15 is 0 Å². The summed E-state index contributed by atoms with van der Waals surface area (Å²) in [5.41, 5.74) is 9.67. The molecular formula is C12H15NO. The van der Waals surface area contributed by atoms with Crippen molar-refractivity contribution in [1.82, 2.24) is 0 Å². The number of aliphatic hydroxyl groups excluding tert-OH is 1. The summed E-state index contributed by atoms with van der Waals surface area (Å²) in [6.45, 7) is 4.10. The molecule has 0 aliphatic heterocycles. The third-order valence-corrected chi connectivity index (χ3v) is 2.01. The number of benzene rings is 1. The van der Waals surface area contributed by atoms with Crippen molar-refractivity contribution in [3.8, 4) is 11.8 Å². The van der Waals surface area contributed by atoms with Crippen LogP contribution in [0.5, 0.6) is 0 Å². The molecule has 0 fully saturated rings. The van der Waals surface area contributed by atoms with Gasteiger partial charge in [0.1, 0.15) is 0 Å². The van der Waals surface area contributed by atoms with Crippen LogP contribution in [0.15, 0.2) is 12.1 Å². The maximum Gasteiger partial charge on any atom is 0.0540 e. The molecule has 74 valence electrons. The van der Waals surface area contributed by atoms with Gasteiger partial charge in [0, 0.05) is 17.7 Å². The fourth-order valence-corrected chi connectivity index (χ4v) is 1.40. The Morgan fingerprint density at radius 2 is 1.86 bits per heavy atom. The molecule has 0 unspecified atom stereocenters. The maximum atomic E-state index is 8.60. The van der Waals surface area contributed by atoms with Gasteiger partial charge in [-0.1, -0.05) is 11.8 Å². The van der Waals surface area contributed by atoms with E-state index in [1.807, 2.05) is 26.0 Å². The van der Waals surface area contributed by atoms with Gasteiger partial charge in [-0.3, -0.25) is 0 Å². The number of rotatable bonds is 1. The first-order chi connectivity index (χ1) is 6.65. The Labute approximate surface area is 84.8 Å². The van der Waals surface area contributed by atoms with Crippen molar-refractivity contribution in [3.05, 3.63) is 28.8 Å². The van der Waals surface area contributed by atoms with Gasteiger partial charge in [-0.15, -0.1) is 0 Å². The highest BCUT2D eigenvalue weighted by Crippen LogP contribution is 2.16. The second-order valence-electron chi connectivity index (χ2n) is 3.31. The van der Waals surface area contributed by atoms with Crippen LogP contribution in [0, 0.1) is 25.7 Å². The topological polar surface area (TPSA) is 46.2 Å². The van der Waals surface area contributed by atoms with E-state index in [4.69, 9.17) is 10.8 Å². The molecule has 2 nitrogen and oxygen atoms in total. The summed E-state index contributed by atoms with van der Waals surface area (Å²) >= 11 is 0. The summed E-state index contributed by atoms with van der Waals surface area (Å²) in [5.74, 6) is 5.96. The van der Waals surface area contributed by atoms with Gasteiger partial charge in [-0.05, 0) is 37.1 Å². The van der Waals surface area contributed by atoms with Crippen molar-refractivity contribution in [2.24, 2.45) is 0 Å². The largest absolute Gasteiger partial charge is 0.399 e. The highest BCUT2D eigenvalue weighted by molar-refractivity contribution is 5.54. The lowest BCUT2D eigenvalue weighted by Crippen LogP contribution is -1.92. The molecule has 0 aliphatic carbocycles. The van der Waals surface area contributed by atoms with Crippen LogP contribution in [-0.2, 0) is 0 Å². The molecule has 14 heavy (non-hydrogen) atoms. The highest BCUT2D eigenvalue weighted by Gasteiger charge is 2.00. The summed E-state index contributed by atoms with van der Waals surface area (Å²) in [6.07, 6.45) is 0.517. The fraction of sp³-hybridized carbons (Fsp3) is 0.333. The Kier molecular flexibility index (Phi) is 3.55. The standard InChI is InChI=1S/C12H15NO/c1-9-7-11(13)8-10(2)12(9)5-3-4-6-14/h7-8,14H,4,6,13H2,1-2H3. The first-order valence-corrected chi connectivity index (χ1v) is 4.61. The molecule has 1 aromatic rings. The molecular weight excluding hydrogens is 174 g/mol. The van der Waals surface area contributed by atoms with Gasteiger partial charge in [0.25, 0.3) is 0 Å². The van der Waals surface area contributed by atoms with Gasteiger partial charge >= 0.3 is 0 Å². The van der Waals surface area contributed by atoms with Gasteiger partial charge in [-0.25, -0.2) is 0 Å². The lowest BCUT2D eigenvalue weighted by Gasteiger charge is -2.04. The van der Waals surface area contributed by atoms with Crippen molar-refractivity contribution in [2.45, 2.75) is 20.3 Å². The molecule has 0 bridgehead atoms. The van der Waals surface area contributed by atoms with Crippen LogP contribution in [0.1, 0.15) is 23.1 Å². The number of hydrogen-bond donors (Lipinski definition) is 2. The molecule has 2 heteroatoms. The minimum absolute atomic E-state index is 0.111. The average molecular weight is 189 g/mol. The van der Waals surface area contributed by atoms with Crippen molar-refractivity contribution in [2.75, 3.05) is 12.3 Å². The quantitative estimate of drug-likeness (QED) is 0.521. The molecule has 1 rings (SSSR count). The van der Waals surface area contributed by atoms with Crippen molar-refractivity contribution in [3.63, 3.8) is 0 Å². The minimum Gasteiger partial charge on any atom is -0.399 e. The molecule has 0 atom stereocenters. The van der Waals surface area contributed by atoms with E-state index in [9.17, 15) is 0 Å². The summed E-state index contributed by atoms with van der Waals surface area (Å²) in [6, 6.07) is 3.83. The van der Waals surface area contributed by atoms with E-state index in [-0.39, 0.29) is 6.61 Å². The summed E-state index contributed by atoms with van der Waals surface area (Å²) in [5, 5.41) is 8.60. The van der Waals surface area contributed by atoms with Crippen molar-refractivity contribution < 1.29 is 5.11 Å². The predicted molar refractivity (Wildman–Crippen MR) is 58.9 cm³/mol. The molecule has 0 aliphatic rings. The molecule has 3 N–H and O–H groups in total. The number of aliphatic hydroxyl groups is 1. The minimum atomic E-state index is 0.111. The zero-order valence-electron chi connectivity index (χ0n) is 8.59. The van der Waals surface area contributed by atoms with Crippen LogP contribution < -0.4 is 5.73 Å². The van der Waals surface area contributed by atoms with Crippen LogP contribution in [0.25, 0.3) is 0 Å². The summed E-state index contributed by atoms with van der Waals surface area (Å²) < 4.78 is 0. The Morgan fingerprint density at radius 3 is 2.36 bits per heavy atom. The predicted octanol–water partition coefficient (Wildman–Crippen LogP) is 1.62. The smallest absolute Gasteiger partial charge is 0.0540 e. The second kappa shape index (κ2) is 4.69. The zero-order valence-corrected chi connectivity index (χ0v) is 8.59. The van der Waals surface area contributed by atoms with Crippen LogP contribution >= 0.6 is 0 Å². The monoisotopic (exact) mass is 189 g/mol. The third-order valence-electron chi connectivity index (χ3n) is 2.01. The zero-order chi connectivity index (χ0) is 10.6. The molecule has 0 heterocycles. The van der Waals surface area contributed by atoms with Gasteiger partial charge in [0.15, 0.2) is 0 Å². The van der Waals surface area contributed by atoms with Crippen LogP contribution in [0.3, 0.4) is 0 Å². The van der Waals surface area contributed by atoms with E-state index in [1.165, 1.54) is 0 Å². The van der Waals surface area contributed by atoms with Gasteiger partial charge < -0.3 is 10.8 Å². The lowest BCUT2D eigenvalue weighted by atomic mass is 10.0. The van der Waals surface area contributed by atoms with Crippen LogP contribution in [-0.4, -0.2) is 11.7 Å². The van der Waals surface area contributed by atoms with E-state index in [2.05, 4.69) is 11.8 Å². The van der Waals surface area contributed by atoms with Crippen LogP contribution in [0.4, 0.5) is 5.69 Å². The molecule has 0 spiro atoms. The summed E-state index contributed by atoms with van der Waals surface area (Å²) in [7, 11) is 0. The van der Waals surface area contributed by atoms with Gasteiger partial charge in [0.2, 0.25) is 0 Å². The molecule has 0 amide bonds. The Bertz CT molecular complexity index is 362. The van der Waals surface area contributed by atoms with E-state index in [0.717, 1.165) is 22.4 Å². The number of nitrogen functional groups attached to an aromatic ring is 1. The highest BCUT2D eigenvalue weighted by atomic mass is 16.2. The Morgan fingerprint density at radius 1 is 1.29 bits per heavy atom. The lowest BCUT2D eigenvalue weighted by molar-refractivity contribution is 0.305. The molecule has 0 saturated heterocycles. The fourth-order valence-electron chi connectivity index (χ4n) is 1.40. The van der Waals surface area contributed by atoms with E-state index < -0.39 is 0 Å². The molecule has 0 aromatic heterocycles. The molecule has 0 radical (unpaired) electrons. The average Bonchev–Trinajstić information content (AvgIpc) is 2.09. The number of anilines is 1. The third kappa shape index (κ3) is 2.51. The van der Waals surface area contributed by atoms with Gasteiger partial charge in [-0.2, -0.15) is 0 Å². The second-order valence-corrected chi connectivity index (χ2v) is 3.31. The number of aryl methyl sites for hydroxylation is 2. The summed E-state index contributed by atoms with van der Waals surface area (Å²) in [4.78, 5) is 0. The first-order valence-electron chi connectivity index (χ1n) is 4.61. The van der Waals surface area contributed by atoms with Crippen molar-refractivity contribution in [1.29, 1.82) is 0 Å². The Balaban J connectivity index is 3.04. The van der Waals surface area contributed by atoms with Crippen LogP contribution in [0.2, 0.25) is 0 Å². The van der Waals surface area contributed by atoms with Gasteiger partial charge in [0.05, 0.1) is 6.61 Å². The number of hydrogen-bond acceptors (Lipinski definition) is 2. The number of nitrogens with two attached hydrogens (primary N) is 1. The molecule has 1 aromatic carbocycles. The van der Waals surface area contributed by atoms with E-state index in [0.29, 0.717) is 6.42 Å². The van der Waals surface area contributed by atoms with E-state index in [1.54, 1.807) is 0 Å². The normalized spacial score (nSPS) is 9.36.